The van der Waals surface area contributed by atoms with Crippen molar-refractivity contribution in [2.45, 2.75) is 45.7 Å². The molecule has 1 amide bonds. The Morgan fingerprint density at radius 2 is 1.75 bits per heavy atom. The zero-order valence-electron chi connectivity index (χ0n) is 17.1. The van der Waals surface area contributed by atoms with Crippen LogP contribution in [-0.4, -0.2) is 66.5 Å². The summed E-state index contributed by atoms with van der Waals surface area (Å²) in [5.41, 5.74) is 0.747. The molecule has 7 heteroatoms. The van der Waals surface area contributed by atoms with Gasteiger partial charge in [-0.3, -0.25) is 14.5 Å². The number of nitrogens with zero attached hydrogens (tertiary/aromatic N) is 2. The second-order valence-corrected chi connectivity index (χ2v) is 8.37. The van der Waals surface area contributed by atoms with Crippen LogP contribution in [0.1, 0.15) is 39.2 Å². The molecule has 1 saturated heterocycles. The van der Waals surface area contributed by atoms with Gasteiger partial charge in [-0.15, -0.1) is 0 Å². The van der Waals surface area contributed by atoms with Gasteiger partial charge < -0.3 is 19.7 Å². The molecule has 7 nitrogen and oxygen atoms in total. The van der Waals surface area contributed by atoms with E-state index in [0.29, 0.717) is 19.6 Å². The van der Waals surface area contributed by atoms with E-state index in [1.165, 1.54) is 5.56 Å². The SMILES string of the molecule is CC(=O)CC(C)(C)NC(=O)CCN1CCN(Cc2ccc3c(c2)OCO3)CC1. The maximum Gasteiger partial charge on any atom is 0.231 e. The van der Waals surface area contributed by atoms with Crippen LogP contribution in [0.5, 0.6) is 11.5 Å². The summed E-state index contributed by atoms with van der Waals surface area (Å²) >= 11 is 0. The van der Waals surface area contributed by atoms with Gasteiger partial charge in [0, 0.05) is 57.6 Å². The van der Waals surface area contributed by atoms with E-state index < -0.39 is 5.54 Å². The van der Waals surface area contributed by atoms with Gasteiger partial charge in [-0.1, -0.05) is 6.07 Å². The van der Waals surface area contributed by atoms with Crippen LogP contribution >= 0.6 is 0 Å². The number of ether oxygens (including phenoxy) is 2. The lowest BCUT2D eigenvalue weighted by Gasteiger charge is -2.35. The highest BCUT2D eigenvalue weighted by Gasteiger charge is 2.23. The third-order valence-electron chi connectivity index (χ3n) is 5.13. The van der Waals surface area contributed by atoms with E-state index in [2.05, 4.69) is 27.2 Å². The van der Waals surface area contributed by atoms with Gasteiger partial charge >= 0.3 is 0 Å². The molecule has 2 heterocycles. The molecule has 1 fully saturated rings. The molecule has 3 rings (SSSR count). The number of carbonyl (C=O) groups is 2. The van der Waals surface area contributed by atoms with Crippen LogP contribution in [0, 0.1) is 0 Å². The Balaban J connectivity index is 1.37. The average molecular weight is 389 g/mol. The standard InChI is InChI=1S/C21H31N3O4/c1-16(25)13-21(2,3)22-20(26)6-7-23-8-10-24(11-9-23)14-17-4-5-18-19(12-17)28-15-27-18/h4-5,12H,6-11,13-15H2,1-3H3,(H,22,26). The molecule has 0 atom stereocenters. The molecule has 1 N–H and O–H groups in total. The van der Waals surface area contributed by atoms with Crippen molar-refractivity contribution in [3.8, 4) is 11.5 Å². The molecule has 0 saturated carbocycles. The molecular weight excluding hydrogens is 358 g/mol. The number of piperazine rings is 1. The molecular formula is C21H31N3O4. The van der Waals surface area contributed by atoms with Gasteiger partial charge in [-0.25, -0.2) is 0 Å². The minimum Gasteiger partial charge on any atom is -0.454 e. The Bertz CT molecular complexity index is 712. The summed E-state index contributed by atoms with van der Waals surface area (Å²) in [5.74, 6) is 1.74. The first-order valence-electron chi connectivity index (χ1n) is 9.94. The van der Waals surface area contributed by atoms with Crippen LogP contribution in [-0.2, 0) is 16.1 Å². The van der Waals surface area contributed by atoms with Gasteiger partial charge in [0.2, 0.25) is 12.7 Å². The molecule has 28 heavy (non-hydrogen) atoms. The van der Waals surface area contributed by atoms with Crippen LogP contribution < -0.4 is 14.8 Å². The van der Waals surface area contributed by atoms with E-state index in [-0.39, 0.29) is 11.7 Å². The van der Waals surface area contributed by atoms with Crippen molar-refractivity contribution < 1.29 is 19.1 Å². The first-order valence-corrected chi connectivity index (χ1v) is 9.94. The predicted molar refractivity (Wildman–Crippen MR) is 106 cm³/mol. The Hall–Kier alpha value is -2.12. The molecule has 0 unspecified atom stereocenters. The van der Waals surface area contributed by atoms with Crippen molar-refractivity contribution in [1.29, 1.82) is 0 Å². The molecule has 2 aliphatic heterocycles. The molecule has 0 aromatic heterocycles. The van der Waals surface area contributed by atoms with E-state index in [4.69, 9.17) is 9.47 Å². The zero-order chi connectivity index (χ0) is 20.1. The number of carbonyl (C=O) groups excluding carboxylic acids is 2. The van der Waals surface area contributed by atoms with Gasteiger partial charge in [0.25, 0.3) is 0 Å². The van der Waals surface area contributed by atoms with Crippen molar-refractivity contribution in [2.75, 3.05) is 39.5 Å². The zero-order valence-corrected chi connectivity index (χ0v) is 17.1. The Morgan fingerprint density at radius 3 is 2.46 bits per heavy atom. The predicted octanol–water partition coefficient (Wildman–Crippen LogP) is 1.80. The summed E-state index contributed by atoms with van der Waals surface area (Å²) in [7, 11) is 0. The third-order valence-corrected chi connectivity index (χ3v) is 5.13. The maximum atomic E-state index is 12.2. The fourth-order valence-electron chi connectivity index (χ4n) is 3.83. The number of hydrogen-bond acceptors (Lipinski definition) is 6. The highest BCUT2D eigenvalue weighted by Crippen LogP contribution is 2.32. The number of Topliss-reactive ketones (excluding diaryl/α,β-unsaturated/α-hetero) is 1. The number of hydrogen-bond donors (Lipinski definition) is 1. The van der Waals surface area contributed by atoms with Gasteiger partial charge in [-0.05, 0) is 38.5 Å². The number of rotatable bonds is 8. The lowest BCUT2D eigenvalue weighted by Crippen LogP contribution is -2.48. The summed E-state index contributed by atoms with van der Waals surface area (Å²) < 4.78 is 10.8. The highest BCUT2D eigenvalue weighted by atomic mass is 16.7. The number of ketones is 1. The van der Waals surface area contributed by atoms with E-state index in [1.54, 1.807) is 6.92 Å². The maximum absolute atomic E-state index is 12.2. The van der Waals surface area contributed by atoms with Crippen LogP contribution in [0.3, 0.4) is 0 Å². The van der Waals surface area contributed by atoms with E-state index in [1.807, 2.05) is 19.9 Å². The third kappa shape index (κ3) is 5.94. The Morgan fingerprint density at radius 1 is 1.07 bits per heavy atom. The lowest BCUT2D eigenvalue weighted by molar-refractivity contribution is -0.124. The summed E-state index contributed by atoms with van der Waals surface area (Å²) in [5, 5.41) is 2.97. The minimum atomic E-state index is -0.480. The topological polar surface area (TPSA) is 71.1 Å². The summed E-state index contributed by atoms with van der Waals surface area (Å²) in [4.78, 5) is 28.2. The minimum absolute atomic E-state index is 0.00837. The molecule has 2 aliphatic rings. The average Bonchev–Trinajstić information content (AvgIpc) is 3.07. The van der Waals surface area contributed by atoms with E-state index >= 15 is 0 Å². The second kappa shape index (κ2) is 8.92. The summed E-state index contributed by atoms with van der Waals surface area (Å²) in [6.07, 6.45) is 0.820. The van der Waals surface area contributed by atoms with Crippen LogP contribution in [0.2, 0.25) is 0 Å². The number of benzene rings is 1. The largest absolute Gasteiger partial charge is 0.454 e. The quantitative estimate of drug-likeness (QED) is 0.731. The van der Waals surface area contributed by atoms with Crippen LogP contribution in [0.15, 0.2) is 18.2 Å². The summed E-state index contributed by atoms with van der Waals surface area (Å²) in [6.45, 7) is 11.1. The number of fused-ring (bicyclic) bond motifs is 1. The first kappa shape index (κ1) is 20.6. The van der Waals surface area contributed by atoms with Crippen molar-refractivity contribution in [3.05, 3.63) is 23.8 Å². The van der Waals surface area contributed by atoms with Crippen LogP contribution in [0.4, 0.5) is 0 Å². The molecule has 0 bridgehead atoms. The Kier molecular flexibility index (Phi) is 6.57. The molecule has 0 radical (unpaired) electrons. The fraction of sp³-hybridized carbons (Fsp3) is 0.619. The highest BCUT2D eigenvalue weighted by molar-refractivity contribution is 5.80. The Labute approximate surface area is 167 Å². The number of amides is 1. The normalized spacial score (nSPS) is 17.5. The van der Waals surface area contributed by atoms with Gasteiger partial charge in [0.05, 0.1) is 0 Å². The fourth-order valence-corrected chi connectivity index (χ4v) is 3.83. The summed E-state index contributed by atoms with van der Waals surface area (Å²) in [6, 6.07) is 6.12. The van der Waals surface area contributed by atoms with Crippen molar-refractivity contribution in [3.63, 3.8) is 0 Å². The first-order chi connectivity index (χ1) is 13.3. The van der Waals surface area contributed by atoms with E-state index in [0.717, 1.165) is 50.8 Å². The van der Waals surface area contributed by atoms with Gasteiger partial charge in [0.1, 0.15) is 5.78 Å². The molecule has 1 aromatic carbocycles. The lowest BCUT2D eigenvalue weighted by atomic mass is 9.98. The molecule has 1 aromatic rings. The van der Waals surface area contributed by atoms with Crippen molar-refractivity contribution in [2.24, 2.45) is 0 Å². The van der Waals surface area contributed by atoms with Gasteiger partial charge in [0.15, 0.2) is 11.5 Å². The van der Waals surface area contributed by atoms with Gasteiger partial charge in [-0.2, -0.15) is 0 Å². The molecule has 0 spiro atoms. The smallest absolute Gasteiger partial charge is 0.231 e. The monoisotopic (exact) mass is 389 g/mol. The van der Waals surface area contributed by atoms with Crippen molar-refractivity contribution >= 4 is 11.7 Å². The second-order valence-electron chi connectivity index (χ2n) is 8.37. The number of nitrogens with one attached hydrogen (secondary N) is 1. The van der Waals surface area contributed by atoms with E-state index in [9.17, 15) is 9.59 Å². The molecule has 154 valence electrons. The van der Waals surface area contributed by atoms with Crippen molar-refractivity contribution in [1.82, 2.24) is 15.1 Å². The van der Waals surface area contributed by atoms with Crippen LogP contribution in [0.25, 0.3) is 0 Å². The molecule has 0 aliphatic carbocycles.